The van der Waals surface area contributed by atoms with Gasteiger partial charge < -0.3 is 14.6 Å². The zero-order chi connectivity index (χ0) is 20.9. The predicted molar refractivity (Wildman–Crippen MR) is 111 cm³/mol. The van der Waals surface area contributed by atoms with Crippen LogP contribution in [0.3, 0.4) is 0 Å². The minimum atomic E-state index is -0.336. The van der Waals surface area contributed by atoms with Crippen LogP contribution in [0.1, 0.15) is 0 Å². The zero-order valence-corrected chi connectivity index (χ0v) is 16.3. The monoisotopic (exact) mass is 423 g/mol. The minimum absolute atomic E-state index is 0.170. The molecule has 0 aliphatic rings. The number of carbonyl (C=O) groups is 1. The zero-order valence-electron chi connectivity index (χ0n) is 15.5. The van der Waals surface area contributed by atoms with Gasteiger partial charge in [-0.25, -0.2) is 4.39 Å². The van der Waals surface area contributed by atoms with Crippen molar-refractivity contribution in [3.05, 3.63) is 83.6 Å². The van der Waals surface area contributed by atoms with Crippen LogP contribution < -0.4 is 10.1 Å². The summed E-state index contributed by atoms with van der Waals surface area (Å²) in [7, 11) is 0. The molecule has 8 heteroatoms. The highest BCUT2D eigenvalue weighted by atomic mass is 35.5. The summed E-state index contributed by atoms with van der Waals surface area (Å²) in [5.74, 6) is 0.461. The van der Waals surface area contributed by atoms with Gasteiger partial charge in [-0.15, -0.1) is 0 Å². The van der Waals surface area contributed by atoms with E-state index in [4.69, 9.17) is 20.9 Å². The van der Waals surface area contributed by atoms with Crippen molar-refractivity contribution in [1.82, 2.24) is 10.1 Å². The second-order valence-electron chi connectivity index (χ2n) is 6.27. The van der Waals surface area contributed by atoms with Crippen LogP contribution in [-0.2, 0) is 4.79 Å². The van der Waals surface area contributed by atoms with Crippen molar-refractivity contribution in [2.75, 3.05) is 11.9 Å². The molecule has 0 spiro atoms. The number of para-hydroxylation sites is 1. The highest BCUT2D eigenvalue weighted by Crippen LogP contribution is 2.24. The smallest absolute Gasteiger partial charge is 0.262 e. The van der Waals surface area contributed by atoms with E-state index in [9.17, 15) is 9.18 Å². The summed E-state index contributed by atoms with van der Waals surface area (Å²) >= 11 is 6.00. The number of hydrogen-bond donors (Lipinski definition) is 1. The van der Waals surface area contributed by atoms with E-state index < -0.39 is 0 Å². The van der Waals surface area contributed by atoms with Gasteiger partial charge in [0, 0.05) is 16.8 Å². The molecule has 6 nitrogen and oxygen atoms in total. The second kappa shape index (κ2) is 8.75. The number of hydrogen-bond acceptors (Lipinski definition) is 5. The lowest BCUT2D eigenvalue weighted by atomic mass is 10.2. The van der Waals surface area contributed by atoms with Gasteiger partial charge in [-0.05, 0) is 60.7 Å². The Morgan fingerprint density at radius 1 is 1.00 bits per heavy atom. The van der Waals surface area contributed by atoms with Gasteiger partial charge in [0.05, 0.1) is 5.02 Å². The van der Waals surface area contributed by atoms with Gasteiger partial charge in [-0.1, -0.05) is 28.9 Å². The lowest BCUT2D eigenvalue weighted by molar-refractivity contribution is -0.118. The fourth-order valence-corrected chi connectivity index (χ4v) is 2.85. The van der Waals surface area contributed by atoms with E-state index in [1.165, 1.54) is 12.1 Å². The van der Waals surface area contributed by atoms with E-state index in [0.29, 0.717) is 39.3 Å². The summed E-state index contributed by atoms with van der Waals surface area (Å²) in [6.07, 6.45) is 0. The molecule has 0 saturated carbocycles. The normalized spacial score (nSPS) is 10.6. The molecule has 0 fully saturated rings. The van der Waals surface area contributed by atoms with Crippen molar-refractivity contribution in [2.45, 2.75) is 0 Å². The minimum Gasteiger partial charge on any atom is -0.482 e. The largest absolute Gasteiger partial charge is 0.482 e. The SMILES string of the molecule is O=C(COc1ccccc1Cl)Nc1ccc(-c2nc(-c3ccc(F)cc3)no2)cc1. The van der Waals surface area contributed by atoms with Crippen molar-refractivity contribution in [1.29, 1.82) is 0 Å². The number of nitrogens with zero attached hydrogens (tertiary/aromatic N) is 2. The van der Waals surface area contributed by atoms with Gasteiger partial charge in [0.1, 0.15) is 11.6 Å². The van der Waals surface area contributed by atoms with Crippen LogP contribution in [0.4, 0.5) is 10.1 Å². The molecule has 0 bridgehead atoms. The second-order valence-corrected chi connectivity index (χ2v) is 6.68. The first-order valence-corrected chi connectivity index (χ1v) is 9.33. The molecule has 1 N–H and O–H groups in total. The Morgan fingerprint density at radius 3 is 2.43 bits per heavy atom. The fraction of sp³-hybridized carbons (Fsp3) is 0.0455. The molecule has 4 aromatic rings. The number of nitrogens with one attached hydrogen (secondary N) is 1. The molecule has 3 aromatic carbocycles. The Bertz CT molecular complexity index is 1160. The summed E-state index contributed by atoms with van der Waals surface area (Å²) in [6.45, 7) is -0.170. The van der Waals surface area contributed by atoms with Crippen LogP contribution in [-0.4, -0.2) is 22.7 Å². The van der Waals surface area contributed by atoms with Crippen LogP contribution in [0.2, 0.25) is 5.02 Å². The first-order valence-electron chi connectivity index (χ1n) is 8.96. The Kier molecular flexibility index (Phi) is 5.72. The van der Waals surface area contributed by atoms with Gasteiger partial charge in [0.15, 0.2) is 6.61 Å². The van der Waals surface area contributed by atoms with Gasteiger partial charge >= 0.3 is 0 Å². The lowest BCUT2D eigenvalue weighted by Crippen LogP contribution is -2.20. The summed E-state index contributed by atoms with van der Waals surface area (Å²) in [4.78, 5) is 16.4. The summed E-state index contributed by atoms with van der Waals surface area (Å²) in [6, 6.07) is 19.7. The third-order valence-corrected chi connectivity index (χ3v) is 4.45. The van der Waals surface area contributed by atoms with Crippen LogP contribution in [0.25, 0.3) is 22.8 Å². The number of ether oxygens (including phenoxy) is 1. The van der Waals surface area contributed by atoms with Crippen LogP contribution in [0, 0.1) is 5.82 Å². The quantitative estimate of drug-likeness (QED) is 0.460. The summed E-state index contributed by atoms with van der Waals surface area (Å²) in [5, 5.41) is 7.09. The standard InChI is InChI=1S/C22H15ClFN3O3/c23-18-3-1-2-4-19(18)29-13-20(28)25-17-11-7-15(8-12-17)22-26-21(27-30-22)14-5-9-16(24)10-6-14/h1-12H,13H2,(H,25,28). The first kappa shape index (κ1) is 19.6. The molecule has 4 rings (SSSR count). The van der Waals surface area contributed by atoms with E-state index in [1.54, 1.807) is 60.7 Å². The van der Waals surface area contributed by atoms with Crippen molar-refractivity contribution < 1.29 is 18.4 Å². The summed E-state index contributed by atoms with van der Waals surface area (Å²) < 4.78 is 23.7. The van der Waals surface area contributed by atoms with Gasteiger partial charge in [-0.3, -0.25) is 4.79 Å². The van der Waals surface area contributed by atoms with Crippen molar-refractivity contribution in [3.8, 4) is 28.6 Å². The fourth-order valence-electron chi connectivity index (χ4n) is 2.66. The van der Waals surface area contributed by atoms with Crippen LogP contribution in [0.15, 0.2) is 77.3 Å². The molecule has 30 heavy (non-hydrogen) atoms. The Balaban J connectivity index is 1.38. The van der Waals surface area contributed by atoms with Crippen molar-refractivity contribution in [2.24, 2.45) is 0 Å². The Labute approximate surface area is 176 Å². The maximum Gasteiger partial charge on any atom is 0.262 e. The van der Waals surface area contributed by atoms with Crippen molar-refractivity contribution in [3.63, 3.8) is 0 Å². The number of halogens is 2. The molecule has 1 heterocycles. The molecular formula is C22H15ClFN3O3. The average molecular weight is 424 g/mol. The maximum atomic E-state index is 13.0. The van der Waals surface area contributed by atoms with Crippen molar-refractivity contribution >= 4 is 23.2 Å². The first-order chi connectivity index (χ1) is 14.6. The third-order valence-electron chi connectivity index (χ3n) is 4.14. The van der Waals surface area contributed by atoms with Gasteiger partial charge in [-0.2, -0.15) is 4.98 Å². The van der Waals surface area contributed by atoms with E-state index in [1.807, 2.05) is 0 Å². The predicted octanol–water partition coefficient (Wildman–Crippen LogP) is 5.21. The van der Waals surface area contributed by atoms with E-state index in [0.717, 1.165) is 0 Å². The molecule has 0 aliphatic heterocycles. The molecule has 0 saturated heterocycles. The molecule has 1 aromatic heterocycles. The Hall–Kier alpha value is -3.71. The maximum absolute atomic E-state index is 13.0. The topological polar surface area (TPSA) is 77.2 Å². The van der Waals surface area contributed by atoms with E-state index in [2.05, 4.69) is 15.5 Å². The third kappa shape index (κ3) is 4.64. The van der Waals surface area contributed by atoms with Gasteiger partial charge in [0.25, 0.3) is 11.8 Å². The van der Waals surface area contributed by atoms with E-state index >= 15 is 0 Å². The van der Waals surface area contributed by atoms with Gasteiger partial charge in [0.2, 0.25) is 5.82 Å². The molecule has 1 amide bonds. The summed E-state index contributed by atoms with van der Waals surface area (Å²) in [5.41, 5.74) is 1.92. The van der Waals surface area contributed by atoms with E-state index in [-0.39, 0.29) is 18.3 Å². The number of anilines is 1. The lowest BCUT2D eigenvalue weighted by Gasteiger charge is -2.08. The average Bonchev–Trinajstić information content (AvgIpc) is 3.24. The molecule has 0 atom stereocenters. The van der Waals surface area contributed by atoms with Crippen LogP contribution in [0.5, 0.6) is 5.75 Å². The molecule has 0 radical (unpaired) electrons. The number of rotatable bonds is 6. The number of benzene rings is 3. The number of amides is 1. The Morgan fingerprint density at radius 2 is 1.70 bits per heavy atom. The molecule has 150 valence electrons. The molecular weight excluding hydrogens is 409 g/mol. The molecule has 0 unspecified atom stereocenters. The number of aromatic nitrogens is 2. The highest BCUT2D eigenvalue weighted by molar-refractivity contribution is 6.32. The molecule has 0 aliphatic carbocycles. The van der Waals surface area contributed by atoms with Crippen LogP contribution >= 0.6 is 11.6 Å². The number of carbonyl (C=O) groups excluding carboxylic acids is 1. The highest BCUT2D eigenvalue weighted by Gasteiger charge is 2.11.